The minimum absolute atomic E-state index is 0.0212. The molecule has 0 aliphatic carbocycles. The van der Waals surface area contributed by atoms with Gasteiger partial charge in [-0.2, -0.15) is 0 Å². The molecule has 0 radical (unpaired) electrons. The Labute approximate surface area is 101 Å². The van der Waals surface area contributed by atoms with Gasteiger partial charge in [-0.3, -0.25) is 9.69 Å². The quantitative estimate of drug-likeness (QED) is 0.727. The van der Waals surface area contributed by atoms with Crippen LogP contribution in [0.5, 0.6) is 0 Å². The van der Waals surface area contributed by atoms with Crippen molar-refractivity contribution in [3.8, 4) is 0 Å². The molecule has 1 atom stereocenters. The van der Waals surface area contributed by atoms with Gasteiger partial charge in [-0.1, -0.05) is 0 Å². The van der Waals surface area contributed by atoms with E-state index in [0.717, 1.165) is 12.2 Å². The number of likely N-dealkylation sites (N-methyl/N-ethyl adjacent to an activating group) is 1. The van der Waals surface area contributed by atoms with E-state index in [1.807, 2.05) is 17.8 Å². The maximum Gasteiger partial charge on any atom is 0.244 e. The predicted molar refractivity (Wildman–Crippen MR) is 62.5 cm³/mol. The lowest BCUT2D eigenvalue weighted by Crippen LogP contribution is -2.43. The van der Waals surface area contributed by atoms with Crippen LogP contribution in [0.4, 0.5) is 0 Å². The van der Waals surface area contributed by atoms with Crippen LogP contribution in [0.1, 0.15) is 11.7 Å². The van der Waals surface area contributed by atoms with Crippen LogP contribution in [0.3, 0.4) is 0 Å². The van der Waals surface area contributed by atoms with Crippen molar-refractivity contribution in [3.05, 3.63) is 18.2 Å². The van der Waals surface area contributed by atoms with Gasteiger partial charge in [0.1, 0.15) is 6.04 Å². The first kappa shape index (κ1) is 12.1. The highest BCUT2D eigenvalue weighted by molar-refractivity contribution is 5.80. The largest absolute Gasteiger partial charge is 0.383 e. The van der Waals surface area contributed by atoms with Crippen molar-refractivity contribution >= 4 is 5.91 Å². The molecule has 17 heavy (non-hydrogen) atoms. The van der Waals surface area contributed by atoms with E-state index in [9.17, 15) is 4.79 Å². The molecule has 94 valence electrons. The van der Waals surface area contributed by atoms with Crippen molar-refractivity contribution in [2.45, 2.75) is 12.6 Å². The summed E-state index contributed by atoms with van der Waals surface area (Å²) in [5.74, 6) is 0.0212. The van der Waals surface area contributed by atoms with Gasteiger partial charge in [-0.05, 0) is 7.05 Å². The highest BCUT2D eigenvalue weighted by Crippen LogP contribution is 2.19. The lowest BCUT2D eigenvalue weighted by molar-refractivity contribution is -0.125. The predicted octanol–water partition coefficient (Wildman–Crippen LogP) is -0.368. The molecule has 2 rings (SSSR count). The van der Waals surface area contributed by atoms with Gasteiger partial charge in [-0.25, -0.2) is 4.98 Å². The summed E-state index contributed by atoms with van der Waals surface area (Å²) in [5.41, 5.74) is 1.07. The van der Waals surface area contributed by atoms with Crippen LogP contribution in [0.25, 0.3) is 0 Å². The van der Waals surface area contributed by atoms with Gasteiger partial charge < -0.3 is 14.6 Å². The van der Waals surface area contributed by atoms with Crippen molar-refractivity contribution in [3.63, 3.8) is 0 Å². The Morgan fingerprint density at radius 3 is 3.29 bits per heavy atom. The number of methoxy groups -OCH3 is 1. The van der Waals surface area contributed by atoms with Gasteiger partial charge in [-0.15, -0.1) is 0 Å². The summed E-state index contributed by atoms with van der Waals surface area (Å²) in [4.78, 5) is 18.3. The summed E-state index contributed by atoms with van der Waals surface area (Å²) in [5, 5.41) is 2.87. The second-order valence-electron chi connectivity index (χ2n) is 4.29. The normalized spacial score (nSPS) is 20.0. The van der Waals surface area contributed by atoms with Crippen molar-refractivity contribution in [1.82, 2.24) is 19.8 Å². The lowest BCUT2D eigenvalue weighted by atomic mass is 10.2. The number of rotatable bonds is 4. The number of carbonyl (C=O) groups excluding carboxylic acids is 1. The van der Waals surface area contributed by atoms with Crippen molar-refractivity contribution in [2.75, 3.05) is 33.9 Å². The maximum absolute atomic E-state index is 12.0. The smallest absolute Gasteiger partial charge is 0.244 e. The van der Waals surface area contributed by atoms with E-state index in [4.69, 9.17) is 4.74 Å². The number of ether oxygens (including phenoxy) is 1. The Bertz CT molecular complexity index is 391. The molecule has 1 aromatic rings. The maximum atomic E-state index is 12.0. The highest BCUT2D eigenvalue weighted by Gasteiger charge is 2.28. The molecule has 6 nitrogen and oxygen atoms in total. The minimum Gasteiger partial charge on any atom is -0.383 e. The monoisotopic (exact) mass is 238 g/mol. The Morgan fingerprint density at radius 2 is 2.53 bits per heavy atom. The fraction of sp³-hybridized carbons (Fsp3) is 0.636. The van der Waals surface area contributed by atoms with Gasteiger partial charge in [0.15, 0.2) is 0 Å². The Kier molecular flexibility index (Phi) is 3.75. The van der Waals surface area contributed by atoms with Crippen LogP contribution in [0.2, 0.25) is 0 Å². The van der Waals surface area contributed by atoms with E-state index >= 15 is 0 Å². The molecule has 0 unspecified atom stereocenters. The van der Waals surface area contributed by atoms with Crippen LogP contribution in [-0.2, 0) is 16.1 Å². The van der Waals surface area contributed by atoms with Gasteiger partial charge >= 0.3 is 0 Å². The van der Waals surface area contributed by atoms with E-state index in [1.165, 1.54) is 0 Å². The van der Waals surface area contributed by atoms with Crippen LogP contribution < -0.4 is 5.32 Å². The summed E-state index contributed by atoms with van der Waals surface area (Å²) < 4.78 is 6.86. The first-order valence-corrected chi connectivity index (χ1v) is 5.68. The third-order valence-electron chi connectivity index (χ3n) is 2.91. The number of nitrogens with zero attached hydrogens (tertiary/aromatic N) is 3. The number of carbonyl (C=O) groups is 1. The molecular weight excluding hydrogens is 220 g/mol. The molecule has 1 aliphatic heterocycles. The Balaban J connectivity index is 2.04. The molecule has 0 fully saturated rings. The summed E-state index contributed by atoms with van der Waals surface area (Å²) in [6.07, 6.45) is 3.54. The molecule has 1 N–H and O–H groups in total. The number of amides is 1. The second kappa shape index (κ2) is 5.29. The molecule has 1 aliphatic rings. The zero-order valence-corrected chi connectivity index (χ0v) is 10.2. The third kappa shape index (κ3) is 2.65. The van der Waals surface area contributed by atoms with E-state index in [0.29, 0.717) is 19.7 Å². The molecule has 0 bridgehead atoms. The van der Waals surface area contributed by atoms with E-state index in [1.54, 1.807) is 13.4 Å². The fourth-order valence-corrected chi connectivity index (χ4v) is 2.06. The average molecular weight is 238 g/mol. The molecule has 0 saturated carbocycles. The van der Waals surface area contributed by atoms with Crippen LogP contribution in [-0.4, -0.2) is 54.2 Å². The van der Waals surface area contributed by atoms with Crippen LogP contribution in [0, 0.1) is 0 Å². The highest BCUT2D eigenvalue weighted by atomic mass is 16.5. The lowest BCUT2D eigenvalue weighted by Gasteiger charge is -2.31. The van der Waals surface area contributed by atoms with E-state index in [2.05, 4.69) is 15.2 Å². The summed E-state index contributed by atoms with van der Waals surface area (Å²) in [6.45, 7) is 2.62. The Hall–Kier alpha value is -1.40. The van der Waals surface area contributed by atoms with Gasteiger partial charge in [0.25, 0.3) is 0 Å². The van der Waals surface area contributed by atoms with Crippen molar-refractivity contribution in [2.24, 2.45) is 0 Å². The van der Waals surface area contributed by atoms with Crippen molar-refractivity contribution < 1.29 is 9.53 Å². The molecule has 1 aromatic heterocycles. The molecular formula is C11H18N4O2. The summed E-state index contributed by atoms with van der Waals surface area (Å²) in [6, 6.07) is -0.192. The standard InChI is InChI=1S/C11H18N4O2/c1-14-6-9-5-12-8-15(9)10(7-14)11(16)13-3-4-17-2/h5,8,10H,3-4,6-7H2,1-2H3,(H,13,16)/t10-/m0/s1. The van der Waals surface area contributed by atoms with Gasteiger partial charge in [0.05, 0.1) is 18.6 Å². The number of imidazole rings is 1. The number of fused-ring (bicyclic) bond motifs is 1. The number of hydrogen-bond donors (Lipinski definition) is 1. The SMILES string of the molecule is COCCNC(=O)[C@@H]1CN(C)Cc2cncn21. The molecule has 0 spiro atoms. The zero-order chi connectivity index (χ0) is 12.3. The molecule has 6 heteroatoms. The first-order chi connectivity index (χ1) is 8.22. The number of aromatic nitrogens is 2. The number of nitrogens with one attached hydrogen (secondary N) is 1. The minimum atomic E-state index is -0.192. The summed E-state index contributed by atoms with van der Waals surface area (Å²) >= 11 is 0. The average Bonchev–Trinajstić information content (AvgIpc) is 2.75. The fourth-order valence-electron chi connectivity index (χ4n) is 2.06. The molecule has 1 amide bonds. The topological polar surface area (TPSA) is 59.4 Å². The van der Waals surface area contributed by atoms with E-state index < -0.39 is 0 Å². The van der Waals surface area contributed by atoms with Gasteiger partial charge in [0.2, 0.25) is 5.91 Å². The first-order valence-electron chi connectivity index (χ1n) is 5.68. The van der Waals surface area contributed by atoms with Crippen LogP contribution in [0.15, 0.2) is 12.5 Å². The summed E-state index contributed by atoms with van der Waals surface area (Å²) in [7, 11) is 3.63. The molecule has 0 saturated heterocycles. The molecule has 0 aromatic carbocycles. The molecule has 2 heterocycles. The third-order valence-corrected chi connectivity index (χ3v) is 2.91. The van der Waals surface area contributed by atoms with Gasteiger partial charge in [0, 0.05) is 32.9 Å². The number of hydrogen-bond acceptors (Lipinski definition) is 4. The Morgan fingerprint density at radius 1 is 1.71 bits per heavy atom. The zero-order valence-electron chi connectivity index (χ0n) is 10.2. The van der Waals surface area contributed by atoms with Crippen LogP contribution >= 0.6 is 0 Å². The van der Waals surface area contributed by atoms with Crippen molar-refractivity contribution in [1.29, 1.82) is 0 Å². The van der Waals surface area contributed by atoms with E-state index in [-0.39, 0.29) is 11.9 Å². The second-order valence-corrected chi connectivity index (χ2v) is 4.29.